The minimum absolute atomic E-state index is 0.578. The number of benzene rings is 1. The van der Waals surface area contributed by atoms with Gasteiger partial charge in [0.1, 0.15) is 0 Å². The lowest BCUT2D eigenvalue weighted by molar-refractivity contribution is -0.159. The summed E-state index contributed by atoms with van der Waals surface area (Å²) in [5, 5.41) is 18.0. The van der Waals surface area contributed by atoms with E-state index in [4.69, 9.17) is 19.8 Å². The monoisotopic (exact) mass is 317 g/mol. The fourth-order valence-electron chi connectivity index (χ4n) is 1.59. The van der Waals surface area contributed by atoms with E-state index in [2.05, 4.69) is 53.4 Å². The van der Waals surface area contributed by atoms with E-state index in [1.165, 1.54) is 11.1 Å². The van der Waals surface area contributed by atoms with Crippen LogP contribution in [0.4, 0.5) is 5.95 Å². The highest BCUT2D eigenvalue weighted by Gasteiger charge is 2.04. The summed E-state index contributed by atoms with van der Waals surface area (Å²) >= 11 is 0. The third-order valence-electron chi connectivity index (χ3n) is 2.85. The molecule has 0 aliphatic heterocycles. The summed E-state index contributed by atoms with van der Waals surface area (Å²) in [6.45, 7) is 5.15. The average Bonchev–Trinajstić information content (AvgIpc) is 2.55. The van der Waals surface area contributed by atoms with Crippen LogP contribution < -0.4 is 5.32 Å². The van der Waals surface area contributed by atoms with E-state index in [1.54, 1.807) is 12.4 Å². The number of nitrogens with zero attached hydrogens (tertiary/aromatic N) is 2. The zero-order valence-electron chi connectivity index (χ0n) is 12.9. The minimum Gasteiger partial charge on any atom is -0.473 e. The molecule has 0 saturated heterocycles. The number of aromatic nitrogens is 2. The molecule has 0 saturated carbocycles. The number of nitrogens with one attached hydrogen (secondary N) is 1. The zero-order chi connectivity index (χ0) is 17.2. The van der Waals surface area contributed by atoms with Crippen LogP contribution in [0.3, 0.4) is 0 Å². The molecule has 0 radical (unpaired) electrons. The van der Waals surface area contributed by atoms with Crippen molar-refractivity contribution in [2.45, 2.75) is 26.3 Å². The van der Waals surface area contributed by atoms with Gasteiger partial charge in [0.25, 0.3) is 0 Å². The Hall–Kier alpha value is -2.96. The van der Waals surface area contributed by atoms with E-state index < -0.39 is 11.9 Å². The Morgan fingerprint density at radius 2 is 1.57 bits per heavy atom. The summed E-state index contributed by atoms with van der Waals surface area (Å²) in [6.07, 6.45) is 3.47. The van der Waals surface area contributed by atoms with Crippen LogP contribution in [0.5, 0.6) is 0 Å². The van der Waals surface area contributed by atoms with Gasteiger partial charge in [-0.3, -0.25) is 0 Å². The average molecular weight is 317 g/mol. The van der Waals surface area contributed by atoms with Crippen molar-refractivity contribution in [3.8, 4) is 0 Å². The topological polar surface area (TPSA) is 112 Å². The largest absolute Gasteiger partial charge is 0.473 e. The van der Waals surface area contributed by atoms with Gasteiger partial charge in [0.2, 0.25) is 5.95 Å². The van der Waals surface area contributed by atoms with Gasteiger partial charge in [0, 0.05) is 18.9 Å². The molecule has 3 N–H and O–H groups in total. The molecule has 7 nitrogen and oxygen atoms in total. The highest BCUT2D eigenvalue weighted by atomic mass is 16.4. The van der Waals surface area contributed by atoms with Crippen molar-refractivity contribution in [1.82, 2.24) is 9.97 Å². The number of carboxylic acids is 2. The van der Waals surface area contributed by atoms with Crippen LogP contribution >= 0.6 is 0 Å². The molecule has 2 rings (SSSR count). The van der Waals surface area contributed by atoms with Crippen molar-refractivity contribution in [1.29, 1.82) is 0 Å². The molecule has 0 spiro atoms. The molecule has 0 unspecified atom stereocenters. The molecule has 0 aliphatic rings. The molecule has 122 valence electrons. The van der Waals surface area contributed by atoms with Gasteiger partial charge in [-0.15, -0.1) is 0 Å². The first-order valence-corrected chi connectivity index (χ1v) is 6.96. The fourth-order valence-corrected chi connectivity index (χ4v) is 1.59. The predicted octanol–water partition coefficient (Wildman–Crippen LogP) is 2.37. The summed E-state index contributed by atoms with van der Waals surface area (Å²) in [5.74, 6) is -2.40. The maximum absolute atomic E-state index is 9.10. The minimum atomic E-state index is -1.82. The number of rotatable bonds is 4. The summed E-state index contributed by atoms with van der Waals surface area (Å²) in [4.78, 5) is 26.4. The Bertz CT molecular complexity index is 616. The van der Waals surface area contributed by atoms with Crippen LogP contribution in [0.2, 0.25) is 0 Å². The Balaban J connectivity index is 0.000000379. The maximum Gasteiger partial charge on any atom is 0.414 e. The van der Waals surface area contributed by atoms with Crippen molar-refractivity contribution in [3.05, 3.63) is 53.9 Å². The van der Waals surface area contributed by atoms with Gasteiger partial charge in [-0.25, -0.2) is 19.6 Å². The molecular formula is C16H19N3O4. The van der Waals surface area contributed by atoms with Gasteiger partial charge >= 0.3 is 11.9 Å². The Morgan fingerprint density at radius 1 is 1.04 bits per heavy atom. The third-order valence-corrected chi connectivity index (χ3v) is 2.85. The van der Waals surface area contributed by atoms with Gasteiger partial charge < -0.3 is 15.5 Å². The molecule has 7 heteroatoms. The van der Waals surface area contributed by atoms with Crippen molar-refractivity contribution in [2.75, 3.05) is 5.32 Å². The number of hydrogen-bond acceptors (Lipinski definition) is 5. The number of carboxylic acid groups (broad SMARTS) is 2. The van der Waals surface area contributed by atoms with Gasteiger partial charge in [0.05, 0.1) is 0 Å². The molecule has 23 heavy (non-hydrogen) atoms. The number of hydrogen-bond donors (Lipinski definition) is 3. The van der Waals surface area contributed by atoms with Crippen molar-refractivity contribution < 1.29 is 19.8 Å². The number of carbonyl (C=O) groups is 2. The van der Waals surface area contributed by atoms with Crippen molar-refractivity contribution in [3.63, 3.8) is 0 Å². The molecule has 1 heterocycles. The van der Waals surface area contributed by atoms with Crippen LogP contribution in [-0.2, 0) is 16.1 Å². The third kappa shape index (κ3) is 7.03. The number of anilines is 1. The molecule has 2 aromatic rings. The highest BCUT2D eigenvalue weighted by molar-refractivity contribution is 6.27. The second-order valence-corrected chi connectivity index (χ2v) is 4.93. The predicted molar refractivity (Wildman–Crippen MR) is 85.2 cm³/mol. The summed E-state index contributed by atoms with van der Waals surface area (Å²) in [6, 6.07) is 10.4. The van der Waals surface area contributed by atoms with Crippen LogP contribution in [-0.4, -0.2) is 32.1 Å². The Kier molecular flexibility index (Phi) is 7.19. The lowest BCUT2D eigenvalue weighted by Crippen LogP contribution is -2.09. The Morgan fingerprint density at radius 3 is 2.00 bits per heavy atom. The molecule has 0 amide bonds. The molecular weight excluding hydrogens is 298 g/mol. The van der Waals surface area contributed by atoms with E-state index in [9.17, 15) is 0 Å². The lowest BCUT2D eigenvalue weighted by atomic mass is 10.0. The smallest absolute Gasteiger partial charge is 0.414 e. The first-order valence-electron chi connectivity index (χ1n) is 6.96. The maximum atomic E-state index is 9.10. The molecule has 1 aromatic heterocycles. The van der Waals surface area contributed by atoms with Crippen molar-refractivity contribution in [2.24, 2.45) is 0 Å². The van der Waals surface area contributed by atoms with Gasteiger partial charge in [-0.05, 0) is 23.1 Å². The van der Waals surface area contributed by atoms with Crippen LogP contribution in [0.1, 0.15) is 30.9 Å². The highest BCUT2D eigenvalue weighted by Crippen LogP contribution is 2.15. The first kappa shape index (κ1) is 18.1. The SMILES string of the molecule is CC(C)c1ccc(CNc2ncccn2)cc1.O=C(O)C(=O)O. The quantitative estimate of drug-likeness (QED) is 0.742. The van der Waals surface area contributed by atoms with E-state index in [0.29, 0.717) is 11.9 Å². The fraction of sp³-hybridized carbons (Fsp3) is 0.250. The van der Waals surface area contributed by atoms with Gasteiger partial charge in [-0.1, -0.05) is 38.1 Å². The lowest BCUT2D eigenvalue weighted by Gasteiger charge is -2.07. The van der Waals surface area contributed by atoms with E-state index in [-0.39, 0.29) is 0 Å². The van der Waals surface area contributed by atoms with E-state index in [1.807, 2.05) is 6.07 Å². The van der Waals surface area contributed by atoms with Gasteiger partial charge in [0.15, 0.2) is 0 Å². The van der Waals surface area contributed by atoms with E-state index in [0.717, 1.165) is 6.54 Å². The molecule has 0 bridgehead atoms. The summed E-state index contributed by atoms with van der Waals surface area (Å²) < 4.78 is 0. The normalized spacial score (nSPS) is 9.70. The van der Waals surface area contributed by atoms with Crippen LogP contribution in [0.25, 0.3) is 0 Å². The zero-order valence-corrected chi connectivity index (χ0v) is 12.9. The second kappa shape index (κ2) is 9.14. The van der Waals surface area contributed by atoms with E-state index >= 15 is 0 Å². The second-order valence-electron chi connectivity index (χ2n) is 4.93. The van der Waals surface area contributed by atoms with Crippen LogP contribution in [0.15, 0.2) is 42.7 Å². The molecule has 1 aromatic carbocycles. The van der Waals surface area contributed by atoms with Crippen LogP contribution in [0, 0.1) is 0 Å². The summed E-state index contributed by atoms with van der Waals surface area (Å²) in [5.41, 5.74) is 2.60. The standard InChI is InChI=1S/C14H17N3.C2H2O4/c1-11(2)13-6-4-12(5-7-13)10-17-14-15-8-3-9-16-14;3-1(4)2(5)6/h3-9,11H,10H2,1-2H3,(H,15,16,17);(H,3,4)(H,5,6). The molecule has 0 aliphatic carbocycles. The van der Waals surface area contributed by atoms with Gasteiger partial charge in [-0.2, -0.15) is 0 Å². The summed E-state index contributed by atoms with van der Waals surface area (Å²) in [7, 11) is 0. The molecule has 0 atom stereocenters. The molecule has 0 fully saturated rings. The Labute approximate surface area is 134 Å². The first-order chi connectivity index (χ1) is 10.9. The van der Waals surface area contributed by atoms with Crippen molar-refractivity contribution >= 4 is 17.9 Å². The number of aliphatic carboxylic acids is 2.